The number of nitrogens with one attached hydrogen (secondary N) is 2. The lowest BCUT2D eigenvalue weighted by Crippen LogP contribution is -2.45. The summed E-state index contributed by atoms with van der Waals surface area (Å²) in [6, 6.07) is 15.2. The summed E-state index contributed by atoms with van der Waals surface area (Å²) >= 11 is 0. The molecule has 6 nitrogen and oxygen atoms in total. The van der Waals surface area contributed by atoms with E-state index >= 15 is 0 Å². The predicted octanol–water partition coefficient (Wildman–Crippen LogP) is 3.69. The van der Waals surface area contributed by atoms with Crippen LogP contribution in [0.15, 0.2) is 48.5 Å². The monoisotopic (exact) mass is 407 g/mol. The number of rotatable bonds is 8. The van der Waals surface area contributed by atoms with Crippen LogP contribution in [-0.4, -0.2) is 34.8 Å². The first-order chi connectivity index (χ1) is 14.4. The maximum Gasteiger partial charge on any atom is 0.325 e. The Balaban J connectivity index is 1.67. The molecule has 1 heterocycles. The fraction of sp³-hybridized carbons (Fsp3) is 0.375. The zero-order valence-corrected chi connectivity index (χ0v) is 17.8. The van der Waals surface area contributed by atoms with Crippen molar-refractivity contribution >= 4 is 23.5 Å². The van der Waals surface area contributed by atoms with Crippen LogP contribution in [0.4, 0.5) is 10.5 Å². The minimum atomic E-state index is -1.01. The average Bonchev–Trinajstić information content (AvgIpc) is 2.96. The van der Waals surface area contributed by atoms with Gasteiger partial charge in [0.15, 0.2) is 0 Å². The first-order valence-electron chi connectivity index (χ1n) is 10.5. The van der Waals surface area contributed by atoms with Gasteiger partial charge in [-0.3, -0.25) is 14.5 Å². The molecule has 0 aliphatic carbocycles. The fourth-order valence-electron chi connectivity index (χ4n) is 3.82. The number of benzene rings is 2. The normalized spacial score (nSPS) is 18.4. The minimum Gasteiger partial charge on any atom is -0.324 e. The topological polar surface area (TPSA) is 78.5 Å². The molecule has 2 N–H and O–H groups in total. The Labute approximate surface area is 177 Å². The van der Waals surface area contributed by atoms with E-state index in [1.807, 2.05) is 62.4 Å². The van der Waals surface area contributed by atoms with Crippen molar-refractivity contribution in [3.63, 3.8) is 0 Å². The van der Waals surface area contributed by atoms with Gasteiger partial charge in [0.25, 0.3) is 5.91 Å². The van der Waals surface area contributed by atoms with Crippen molar-refractivity contribution in [1.82, 2.24) is 10.2 Å². The van der Waals surface area contributed by atoms with Crippen LogP contribution in [0.1, 0.15) is 43.9 Å². The molecule has 1 saturated heterocycles. The summed E-state index contributed by atoms with van der Waals surface area (Å²) in [6.45, 7) is 5.47. The second-order valence-corrected chi connectivity index (χ2v) is 7.85. The molecule has 4 amide bonds. The van der Waals surface area contributed by atoms with E-state index in [-0.39, 0.29) is 18.4 Å². The van der Waals surface area contributed by atoms with Gasteiger partial charge >= 0.3 is 6.03 Å². The molecule has 0 aromatic heterocycles. The van der Waals surface area contributed by atoms with Gasteiger partial charge < -0.3 is 10.6 Å². The number of para-hydroxylation sites is 1. The summed E-state index contributed by atoms with van der Waals surface area (Å²) in [5.74, 6) is -0.737. The molecule has 0 radical (unpaired) electrons. The van der Waals surface area contributed by atoms with Crippen LogP contribution in [0.25, 0.3) is 0 Å². The van der Waals surface area contributed by atoms with Gasteiger partial charge in [-0.15, -0.1) is 0 Å². The lowest BCUT2D eigenvalue weighted by molar-refractivity contribution is -0.133. The fourth-order valence-corrected chi connectivity index (χ4v) is 3.82. The average molecular weight is 408 g/mol. The number of hydrogen-bond donors (Lipinski definition) is 2. The zero-order chi connectivity index (χ0) is 21.7. The first kappa shape index (κ1) is 21.6. The Kier molecular flexibility index (Phi) is 6.55. The highest BCUT2D eigenvalue weighted by molar-refractivity contribution is 6.10. The molecule has 1 unspecified atom stereocenters. The van der Waals surface area contributed by atoms with Crippen molar-refractivity contribution in [1.29, 1.82) is 0 Å². The lowest BCUT2D eigenvalue weighted by Gasteiger charge is -2.22. The maximum absolute atomic E-state index is 13.0. The third kappa shape index (κ3) is 4.53. The highest BCUT2D eigenvalue weighted by Crippen LogP contribution is 2.25. The number of imide groups is 1. The summed E-state index contributed by atoms with van der Waals surface area (Å²) in [6.07, 6.45) is 2.69. The highest BCUT2D eigenvalue weighted by atomic mass is 16.2. The Morgan fingerprint density at radius 1 is 1.00 bits per heavy atom. The van der Waals surface area contributed by atoms with Crippen molar-refractivity contribution in [2.45, 2.75) is 52.0 Å². The molecule has 1 aliphatic heterocycles. The standard InChI is InChI=1S/C24H29N3O3/c1-4-18-12-9-13-19(5-2)21(18)25-20(28)16-27-22(29)24(3,26-23(27)30)15-14-17-10-7-6-8-11-17/h6-13H,4-5,14-16H2,1-3H3,(H,25,28)(H,26,30). The van der Waals surface area contributed by atoms with Crippen LogP contribution in [0.3, 0.4) is 0 Å². The molecule has 1 fully saturated rings. The van der Waals surface area contributed by atoms with E-state index in [4.69, 9.17) is 0 Å². The Hall–Kier alpha value is -3.15. The number of amides is 4. The second-order valence-electron chi connectivity index (χ2n) is 7.85. The van der Waals surface area contributed by atoms with E-state index in [0.717, 1.165) is 40.1 Å². The smallest absolute Gasteiger partial charge is 0.324 e. The van der Waals surface area contributed by atoms with E-state index in [0.29, 0.717) is 12.8 Å². The summed E-state index contributed by atoms with van der Waals surface area (Å²) in [7, 11) is 0. The van der Waals surface area contributed by atoms with Gasteiger partial charge in [-0.2, -0.15) is 0 Å². The Bertz CT molecular complexity index is 920. The molecule has 0 bridgehead atoms. The first-order valence-corrected chi connectivity index (χ1v) is 10.5. The van der Waals surface area contributed by atoms with E-state index in [1.165, 1.54) is 0 Å². The molecule has 1 aliphatic rings. The van der Waals surface area contributed by atoms with Gasteiger partial charge in [-0.1, -0.05) is 62.4 Å². The van der Waals surface area contributed by atoms with E-state index < -0.39 is 11.6 Å². The van der Waals surface area contributed by atoms with E-state index in [2.05, 4.69) is 10.6 Å². The van der Waals surface area contributed by atoms with Crippen LogP contribution in [0.2, 0.25) is 0 Å². The number of carbonyl (C=O) groups excluding carboxylic acids is 3. The molecule has 2 aromatic carbocycles. The third-order valence-electron chi connectivity index (χ3n) is 5.67. The second kappa shape index (κ2) is 9.11. The summed E-state index contributed by atoms with van der Waals surface area (Å²) in [5, 5.41) is 5.69. The number of hydrogen-bond acceptors (Lipinski definition) is 3. The van der Waals surface area contributed by atoms with Crippen LogP contribution in [0.5, 0.6) is 0 Å². The molecular formula is C24H29N3O3. The Morgan fingerprint density at radius 2 is 1.63 bits per heavy atom. The number of aryl methyl sites for hydroxylation is 3. The molecule has 0 saturated carbocycles. The number of anilines is 1. The summed E-state index contributed by atoms with van der Waals surface area (Å²) in [4.78, 5) is 39.1. The van der Waals surface area contributed by atoms with Crippen molar-refractivity contribution in [3.8, 4) is 0 Å². The quantitative estimate of drug-likeness (QED) is 0.655. The van der Waals surface area contributed by atoms with Crippen LogP contribution in [0, 0.1) is 0 Å². The third-order valence-corrected chi connectivity index (χ3v) is 5.67. The molecule has 3 rings (SSSR count). The van der Waals surface area contributed by atoms with Gasteiger partial charge in [-0.25, -0.2) is 4.79 Å². The lowest BCUT2D eigenvalue weighted by atomic mass is 9.93. The largest absolute Gasteiger partial charge is 0.325 e. The predicted molar refractivity (Wildman–Crippen MR) is 117 cm³/mol. The maximum atomic E-state index is 13.0. The van der Waals surface area contributed by atoms with Crippen LogP contribution >= 0.6 is 0 Å². The van der Waals surface area contributed by atoms with Crippen LogP contribution < -0.4 is 10.6 Å². The van der Waals surface area contributed by atoms with Gasteiger partial charge in [0.2, 0.25) is 5.91 Å². The Morgan fingerprint density at radius 3 is 2.23 bits per heavy atom. The van der Waals surface area contributed by atoms with Crippen molar-refractivity contribution in [3.05, 3.63) is 65.2 Å². The van der Waals surface area contributed by atoms with Crippen molar-refractivity contribution in [2.24, 2.45) is 0 Å². The van der Waals surface area contributed by atoms with Gasteiger partial charge in [0, 0.05) is 5.69 Å². The molecule has 6 heteroatoms. The zero-order valence-electron chi connectivity index (χ0n) is 17.8. The number of carbonyl (C=O) groups is 3. The van der Waals surface area contributed by atoms with E-state index in [1.54, 1.807) is 6.92 Å². The van der Waals surface area contributed by atoms with Crippen LogP contribution in [-0.2, 0) is 28.9 Å². The molecule has 158 valence electrons. The SMILES string of the molecule is CCc1cccc(CC)c1NC(=O)CN1C(=O)NC(C)(CCc2ccccc2)C1=O. The van der Waals surface area contributed by atoms with E-state index in [9.17, 15) is 14.4 Å². The van der Waals surface area contributed by atoms with Crippen molar-refractivity contribution < 1.29 is 14.4 Å². The van der Waals surface area contributed by atoms with Gasteiger partial charge in [0.1, 0.15) is 12.1 Å². The molecular weight excluding hydrogens is 378 g/mol. The highest BCUT2D eigenvalue weighted by Gasteiger charge is 2.47. The van der Waals surface area contributed by atoms with Gasteiger partial charge in [-0.05, 0) is 49.3 Å². The molecule has 30 heavy (non-hydrogen) atoms. The minimum absolute atomic E-state index is 0.299. The number of urea groups is 1. The van der Waals surface area contributed by atoms with Gasteiger partial charge in [0.05, 0.1) is 0 Å². The number of nitrogens with zero attached hydrogens (tertiary/aromatic N) is 1. The molecule has 2 aromatic rings. The summed E-state index contributed by atoms with van der Waals surface area (Å²) in [5.41, 5.74) is 2.94. The summed E-state index contributed by atoms with van der Waals surface area (Å²) < 4.78 is 0. The molecule has 1 atom stereocenters. The van der Waals surface area contributed by atoms with Crippen molar-refractivity contribution in [2.75, 3.05) is 11.9 Å². The molecule has 0 spiro atoms.